The molecule has 1 saturated heterocycles. The molecule has 0 N–H and O–H groups in total. The number of amides is 1. The molecule has 3 rings (SSSR count). The van der Waals surface area contributed by atoms with E-state index in [1.54, 1.807) is 30.1 Å². The predicted molar refractivity (Wildman–Crippen MR) is 80.9 cm³/mol. The minimum atomic E-state index is -0.772. The topological polar surface area (TPSA) is 68.5 Å². The first kappa shape index (κ1) is 14.8. The number of hydrogen-bond acceptors (Lipinski definition) is 5. The van der Waals surface area contributed by atoms with E-state index in [1.165, 1.54) is 7.11 Å². The van der Waals surface area contributed by atoms with Gasteiger partial charge in [-0.1, -0.05) is 22.8 Å². The molecule has 2 aromatic rings. The molecule has 1 aromatic carbocycles. The van der Waals surface area contributed by atoms with Crippen molar-refractivity contribution in [2.45, 2.75) is 18.8 Å². The van der Waals surface area contributed by atoms with Crippen LogP contribution >= 0.6 is 11.6 Å². The highest BCUT2D eigenvalue weighted by Gasteiger charge is 2.47. The zero-order valence-electron chi connectivity index (χ0n) is 12.6. The van der Waals surface area contributed by atoms with Gasteiger partial charge in [-0.25, -0.2) is 0 Å². The lowest BCUT2D eigenvalue weighted by Crippen LogP contribution is -2.33. The summed E-state index contributed by atoms with van der Waals surface area (Å²) in [5, 5.41) is 4.46. The molecular weight excluding hydrogens is 306 g/mol. The van der Waals surface area contributed by atoms with Gasteiger partial charge in [-0.3, -0.25) is 4.79 Å². The second-order valence-electron chi connectivity index (χ2n) is 5.55. The molecule has 2 heterocycles. The highest BCUT2D eigenvalue weighted by Crippen LogP contribution is 2.38. The van der Waals surface area contributed by atoms with E-state index in [2.05, 4.69) is 10.1 Å². The molecule has 1 amide bonds. The number of carbonyl (C=O) groups excluding carboxylic acids is 1. The molecule has 7 heteroatoms. The maximum absolute atomic E-state index is 12.3. The average molecular weight is 322 g/mol. The zero-order valence-corrected chi connectivity index (χ0v) is 13.3. The standard InChI is InChI=1S/C15H16ClN3O3/c1-15(7-8-19(2)14(15)20)13-17-12(18-22-13)9-5-4-6-10(16)11(9)21-3/h4-6H,7-8H2,1-3H3. The van der Waals surface area contributed by atoms with Crippen LogP contribution in [0.4, 0.5) is 0 Å². The molecule has 1 aliphatic heterocycles. The molecule has 0 aliphatic carbocycles. The van der Waals surface area contributed by atoms with E-state index in [4.69, 9.17) is 20.9 Å². The number of likely N-dealkylation sites (N-methyl/N-ethyl adjacent to an activating group) is 1. The van der Waals surface area contributed by atoms with Gasteiger partial charge >= 0.3 is 0 Å². The number of likely N-dealkylation sites (tertiary alicyclic amines) is 1. The third-order valence-electron chi connectivity index (χ3n) is 4.08. The Balaban J connectivity index is 2.02. The second-order valence-corrected chi connectivity index (χ2v) is 5.96. The van der Waals surface area contributed by atoms with Crippen LogP contribution < -0.4 is 4.74 Å². The van der Waals surface area contributed by atoms with Gasteiger partial charge in [-0.2, -0.15) is 4.98 Å². The van der Waals surface area contributed by atoms with Gasteiger partial charge in [0.1, 0.15) is 11.2 Å². The summed E-state index contributed by atoms with van der Waals surface area (Å²) >= 11 is 6.11. The summed E-state index contributed by atoms with van der Waals surface area (Å²) in [6.07, 6.45) is 0.649. The van der Waals surface area contributed by atoms with Crippen LogP contribution in [-0.2, 0) is 10.2 Å². The number of methoxy groups -OCH3 is 1. The van der Waals surface area contributed by atoms with E-state index in [-0.39, 0.29) is 5.91 Å². The molecular formula is C15H16ClN3O3. The van der Waals surface area contributed by atoms with Gasteiger partial charge in [0.15, 0.2) is 0 Å². The summed E-state index contributed by atoms with van der Waals surface area (Å²) in [6, 6.07) is 5.30. The molecule has 1 aromatic heterocycles. The van der Waals surface area contributed by atoms with Crippen LogP contribution in [0.2, 0.25) is 5.02 Å². The summed E-state index contributed by atoms with van der Waals surface area (Å²) < 4.78 is 10.7. The Morgan fingerprint density at radius 3 is 2.86 bits per heavy atom. The minimum Gasteiger partial charge on any atom is -0.494 e. The molecule has 6 nitrogen and oxygen atoms in total. The first-order chi connectivity index (χ1) is 10.5. The monoisotopic (exact) mass is 321 g/mol. The Morgan fingerprint density at radius 2 is 2.23 bits per heavy atom. The molecule has 0 saturated carbocycles. The summed E-state index contributed by atoms with van der Waals surface area (Å²) in [7, 11) is 3.30. The van der Waals surface area contributed by atoms with E-state index in [9.17, 15) is 4.79 Å². The second kappa shape index (κ2) is 5.28. The third-order valence-corrected chi connectivity index (χ3v) is 4.37. The summed E-state index contributed by atoms with van der Waals surface area (Å²) in [5.74, 6) is 1.15. The number of para-hydroxylation sites is 1. The molecule has 1 aliphatic rings. The molecule has 1 fully saturated rings. The van der Waals surface area contributed by atoms with Gasteiger partial charge in [-0.15, -0.1) is 0 Å². The fraction of sp³-hybridized carbons (Fsp3) is 0.400. The van der Waals surface area contributed by atoms with Crippen molar-refractivity contribution in [3.63, 3.8) is 0 Å². The van der Waals surface area contributed by atoms with Crippen molar-refractivity contribution < 1.29 is 14.1 Å². The van der Waals surface area contributed by atoms with Crippen LogP contribution in [-0.4, -0.2) is 41.6 Å². The van der Waals surface area contributed by atoms with Crippen molar-refractivity contribution in [1.29, 1.82) is 0 Å². The number of ether oxygens (including phenoxy) is 1. The minimum absolute atomic E-state index is 0.0132. The van der Waals surface area contributed by atoms with Gasteiger partial charge < -0.3 is 14.2 Å². The van der Waals surface area contributed by atoms with Crippen LogP contribution in [0.1, 0.15) is 19.2 Å². The van der Waals surface area contributed by atoms with Crippen LogP contribution in [0, 0.1) is 0 Å². The number of hydrogen-bond donors (Lipinski definition) is 0. The average Bonchev–Trinajstić information content (AvgIpc) is 3.09. The Labute approximate surface area is 133 Å². The summed E-state index contributed by atoms with van der Waals surface area (Å²) in [4.78, 5) is 18.4. The summed E-state index contributed by atoms with van der Waals surface area (Å²) in [5.41, 5.74) is -0.140. The zero-order chi connectivity index (χ0) is 15.9. The van der Waals surface area contributed by atoms with E-state index in [1.807, 2.05) is 6.92 Å². The Hall–Kier alpha value is -2.08. The van der Waals surface area contributed by atoms with Crippen molar-refractivity contribution in [3.8, 4) is 17.1 Å². The lowest BCUT2D eigenvalue weighted by atomic mass is 9.89. The van der Waals surface area contributed by atoms with Crippen molar-refractivity contribution in [2.24, 2.45) is 0 Å². The SMILES string of the molecule is COc1c(Cl)cccc1-c1noc(C2(C)CCN(C)C2=O)n1. The lowest BCUT2D eigenvalue weighted by molar-refractivity contribution is -0.131. The lowest BCUT2D eigenvalue weighted by Gasteiger charge is -2.16. The molecule has 116 valence electrons. The first-order valence-corrected chi connectivity index (χ1v) is 7.28. The van der Waals surface area contributed by atoms with E-state index < -0.39 is 5.41 Å². The molecule has 0 bridgehead atoms. The summed E-state index contributed by atoms with van der Waals surface area (Å²) in [6.45, 7) is 2.50. The van der Waals surface area contributed by atoms with Gasteiger partial charge in [0.2, 0.25) is 17.6 Å². The van der Waals surface area contributed by atoms with Crippen LogP contribution in [0.5, 0.6) is 5.75 Å². The Morgan fingerprint density at radius 1 is 1.45 bits per heavy atom. The third kappa shape index (κ3) is 2.14. The van der Waals surface area contributed by atoms with Crippen molar-refractivity contribution in [2.75, 3.05) is 20.7 Å². The molecule has 0 radical (unpaired) electrons. The van der Waals surface area contributed by atoms with E-state index in [0.29, 0.717) is 41.0 Å². The maximum Gasteiger partial charge on any atom is 0.242 e. The van der Waals surface area contributed by atoms with E-state index >= 15 is 0 Å². The maximum atomic E-state index is 12.3. The number of nitrogens with zero attached hydrogens (tertiary/aromatic N) is 3. The van der Waals surface area contributed by atoms with E-state index in [0.717, 1.165) is 0 Å². The number of rotatable bonds is 3. The van der Waals surface area contributed by atoms with Crippen molar-refractivity contribution >= 4 is 17.5 Å². The van der Waals surface area contributed by atoms with Gasteiger partial charge in [0, 0.05) is 13.6 Å². The number of aromatic nitrogens is 2. The van der Waals surface area contributed by atoms with Crippen LogP contribution in [0.25, 0.3) is 11.4 Å². The highest BCUT2D eigenvalue weighted by molar-refractivity contribution is 6.32. The first-order valence-electron chi connectivity index (χ1n) is 6.90. The molecule has 1 atom stereocenters. The number of benzene rings is 1. The largest absolute Gasteiger partial charge is 0.494 e. The van der Waals surface area contributed by atoms with Gasteiger partial charge in [0.25, 0.3) is 0 Å². The normalized spacial score (nSPS) is 21.5. The predicted octanol–water partition coefficient (Wildman–Crippen LogP) is 2.52. The van der Waals surface area contributed by atoms with Gasteiger partial charge in [-0.05, 0) is 25.5 Å². The highest BCUT2D eigenvalue weighted by atomic mass is 35.5. The van der Waals surface area contributed by atoms with Crippen LogP contribution in [0.15, 0.2) is 22.7 Å². The Bertz CT molecular complexity index is 731. The molecule has 1 unspecified atom stereocenters. The fourth-order valence-corrected chi connectivity index (χ4v) is 2.92. The molecule has 0 spiro atoms. The van der Waals surface area contributed by atoms with Crippen molar-refractivity contribution in [3.05, 3.63) is 29.1 Å². The van der Waals surface area contributed by atoms with Crippen LogP contribution in [0.3, 0.4) is 0 Å². The Kier molecular flexibility index (Phi) is 3.56. The number of halogens is 1. The number of carbonyl (C=O) groups is 1. The quantitative estimate of drug-likeness (QED) is 0.869. The fourth-order valence-electron chi connectivity index (χ4n) is 2.67. The molecule has 22 heavy (non-hydrogen) atoms. The smallest absolute Gasteiger partial charge is 0.242 e. The van der Waals surface area contributed by atoms with Gasteiger partial charge in [0.05, 0.1) is 17.7 Å². The van der Waals surface area contributed by atoms with Crippen molar-refractivity contribution in [1.82, 2.24) is 15.0 Å².